The lowest BCUT2D eigenvalue weighted by atomic mass is 9.74. The van der Waals surface area contributed by atoms with Crippen molar-refractivity contribution in [2.75, 3.05) is 26.8 Å². The highest BCUT2D eigenvalue weighted by Crippen LogP contribution is 2.42. The van der Waals surface area contributed by atoms with Gasteiger partial charge in [-0.15, -0.1) is 0 Å². The minimum Gasteiger partial charge on any atom is -0.461 e. The fourth-order valence-corrected chi connectivity index (χ4v) is 4.42. The van der Waals surface area contributed by atoms with Gasteiger partial charge in [-0.1, -0.05) is 32.0 Å². The molecule has 4 heteroatoms. The first kappa shape index (κ1) is 20.4. The number of unbranched alkanes of at least 4 members (excludes halogenated alkanes) is 1. The van der Waals surface area contributed by atoms with Crippen LogP contribution in [0.2, 0.25) is 0 Å². The molecule has 2 heterocycles. The van der Waals surface area contributed by atoms with E-state index in [9.17, 15) is 5.11 Å². The van der Waals surface area contributed by atoms with Gasteiger partial charge in [0.2, 0.25) is 0 Å². The van der Waals surface area contributed by atoms with Gasteiger partial charge in [-0.3, -0.25) is 0 Å². The third-order valence-electron chi connectivity index (χ3n) is 5.80. The van der Waals surface area contributed by atoms with Crippen LogP contribution in [0.25, 0.3) is 11.0 Å². The van der Waals surface area contributed by atoms with Gasteiger partial charge in [-0.25, -0.2) is 0 Å². The molecular weight excluding hydrogens is 338 g/mol. The van der Waals surface area contributed by atoms with Crippen LogP contribution in [0.15, 0.2) is 28.7 Å². The predicted molar refractivity (Wildman–Crippen MR) is 110 cm³/mol. The summed E-state index contributed by atoms with van der Waals surface area (Å²) in [5.41, 5.74) is 0.960. The van der Waals surface area contributed by atoms with Crippen LogP contribution in [0.5, 0.6) is 0 Å². The zero-order valence-electron chi connectivity index (χ0n) is 17.1. The van der Waals surface area contributed by atoms with Gasteiger partial charge in [0.15, 0.2) is 0 Å². The number of rotatable bonds is 9. The van der Waals surface area contributed by atoms with Crippen LogP contribution < -0.4 is 5.32 Å². The Morgan fingerprint density at radius 1 is 1.33 bits per heavy atom. The maximum Gasteiger partial charge on any atom is 0.140 e. The summed E-state index contributed by atoms with van der Waals surface area (Å²) in [5.74, 6) is 1.76. The summed E-state index contributed by atoms with van der Waals surface area (Å²) in [6.07, 6.45) is 5.72. The number of hydrogen-bond acceptors (Lipinski definition) is 4. The van der Waals surface area contributed by atoms with Crippen molar-refractivity contribution in [3.05, 3.63) is 35.6 Å². The summed E-state index contributed by atoms with van der Waals surface area (Å²) in [6, 6.07) is 8.36. The van der Waals surface area contributed by atoms with E-state index < -0.39 is 5.60 Å². The molecule has 1 saturated heterocycles. The van der Waals surface area contributed by atoms with E-state index in [-0.39, 0.29) is 5.92 Å². The van der Waals surface area contributed by atoms with Gasteiger partial charge in [0.05, 0.1) is 5.60 Å². The molecule has 2 atom stereocenters. The largest absolute Gasteiger partial charge is 0.461 e. The van der Waals surface area contributed by atoms with Crippen LogP contribution in [0, 0.1) is 11.8 Å². The number of methoxy groups -OCH3 is 1. The van der Waals surface area contributed by atoms with Crippen LogP contribution in [0.3, 0.4) is 0 Å². The van der Waals surface area contributed by atoms with Crippen molar-refractivity contribution in [2.45, 2.75) is 58.0 Å². The summed E-state index contributed by atoms with van der Waals surface area (Å²) < 4.78 is 11.5. The Balaban J connectivity index is 1.95. The van der Waals surface area contributed by atoms with Gasteiger partial charge in [0.25, 0.3) is 0 Å². The van der Waals surface area contributed by atoms with Gasteiger partial charge in [-0.05, 0) is 50.6 Å². The zero-order chi connectivity index (χ0) is 19.3. The Morgan fingerprint density at radius 2 is 2.19 bits per heavy atom. The molecule has 0 bridgehead atoms. The second kappa shape index (κ2) is 9.22. The predicted octanol–water partition coefficient (Wildman–Crippen LogP) is 4.64. The average Bonchev–Trinajstić information content (AvgIpc) is 3.07. The molecule has 1 aliphatic heterocycles. The first-order valence-electron chi connectivity index (χ1n) is 10.5. The van der Waals surface area contributed by atoms with E-state index in [0.29, 0.717) is 5.92 Å². The number of benzene rings is 1. The maximum atomic E-state index is 12.0. The van der Waals surface area contributed by atoms with Gasteiger partial charge in [-0.2, -0.15) is 0 Å². The summed E-state index contributed by atoms with van der Waals surface area (Å²) >= 11 is 0. The molecule has 1 fully saturated rings. The zero-order valence-corrected chi connectivity index (χ0v) is 17.1. The Hall–Kier alpha value is -1.36. The van der Waals surface area contributed by atoms with Crippen molar-refractivity contribution in [1.82, 2.24) is 5.32 Å². The van der Waals surface area contributed by atoms with Gasteiger partial charge in [0, 0.05) is 43.5 Å². The van der Waals surface area contributed by atoms with Gasteiger partial charge >= 0.3 is 0 Å². The van der Waals surface area contributed by atoms with Crippen LogP contribution in [0.4, 0.5) is 0 Å². The van der Waals surface area contributed by atoms with E-state index in [0.717, 1.165) is 80.5 Å². The molecule has 1 unspecified atom stereocenters. The van der Waals surface area contributed by atoms with E-state index in [4.69, 9.17) is 9.15 Å². The van der Waals surface area contributed by atoms with Crippen LogP contribution in [-0.2, 0) is 16.8 Å². The van der Waals surface area contributed by atoms with Gasteiger partial charge < -0.3 is 19.6 Å². The number of piperidine rings is 1. The minimum atomic E-state index is -0.867. The highest BCUT2D eigenvalue weighted by atomic mass is 16.5. The molecule has 1 aromatic heterocycles. The third-order valence-corrected chi connectivity index (χ3v) is 5.80. The average molecular weight is 374 g/mol. The topological polar surface area (TPSA) is 54.6 Å². The summed E-state index contributed by atoms with van der Waals surface area (Å²) in [5, 5.41) is 16.5. The molecule has 1 aromatic carbocycles. The number of aliphatic hydroxyl groups is 1. The Labute approximate surface area is 163 Å². The Bertz CT molecular complexity index is 717. The molecule has 2 N–H and O–H groups in total. The summed E-state index contributed by atoms with van der Waals surface area (Å²) in [4.78, 5) is 0. The van der Waals surface area contributed by atoms with E-state index in [2.05, 4.69) is 43.4 Å². The van der Waals surface area contributed by atoms with Crippen LogP contribution in [0.1, 0.15) is 57.3 Å². The van der Waals surface area contributed by atoms with Crippen molar-refractivity contribution in [2.24, 2.45) is 11.8 Å². The van der Waals surface area contributed by atoms with Crippen molar-refractivity contribution in [3.8, 4) is 0 Å². The number of fused-ring (bicyclic) bond motifs is 1. The summed E-state index contributed by atoms with van der Waals surface area (Å²) in [7, 11) is 1.73. The highest BCUT2D eigenvalue weighted by molar-refractivity contribution is 5.82. The molecule has 2 aromatic rings. The standard InChI is InChI=1S/C23H35NO3/c1-17(2)14-20-15-18-8-6-10-21(22(18)27-20)23(25,11-4-5-13-26-3)19-9-7-12-24-16-19/h6,8,10,15,17,19,24-25H,4-5,7,9,11-14,16H2,1-3H3/t19?,23-/m0/s1. The molecule has 150 valence electrons. The van der Waals surface area contributed by atoms with E-state index in [1.165, 1.54) is 0 Å². The van der Waals surface area contributed by atoms with Crippen LogP contribution >= 0.6 is 0 Å². The summed E-state index contributed by atoms with van der Waals surface area (Å²) in [6.45, 7) is 7.04. The fourth-order valence-electron chi connectivity index (χ4n) is 4.42. The Morgan fingerprint density at radius 3 is 2.89 bits per heavy atom. The molecule has 1 aliphatic rings. The molecular formula is C23H35NO3. The van der Waals surface area contributed by atoms with Crippen molar-refractivity contribution in [1.29, 1.82) is 0 Å². The lowest BCUT2D eigenvalue weighted by Gasteiger charge is -2.39. The van der Waals surface area contributed by atoms with Crippen molar-refractivity contribution >= 4 is 11.0 Å². The number of furan rings is 1. The lowest BCUT2D eigenvalue weighted by Crippen LogP contribution is -2.44. The lowest BCUT2D eigenvalue weighted by molar-refractivity contribution is -0.0428. The first-order valence-corrected chi connectivity index (χ1v) is 10.5. The Kier molecular flexibility index (Phi) is 6.96. The van der Waals surface area contributed by atoms with E-state index in [1.807, 2.05) is 0 Å². The highest BCUT2D eigenvalue weighted by Gasteiger charge is 2.40. The first-order chi connectivity index (χ1) is 13.0. The monoisotopic (exact) mass is 373 g/mol. The number of hydrogen-bond donors (Lipinski definition) is 2. The smallest absolute Gasteiger partial charge is 0.140 e. The molecule has 4 nitrogen and oxygen atoms in total. The maximum absolute atomic E-state index is 12.0. The molecule has 0 aliphatic carbocycles. The number of para-hydroxylation sites is 1. The quantitative estimate of drug-likeness (QED) is 0.629. The molecule has 0 spiro atoms. The fraction of sp³-hybridized carbons (Fsp3) is 0.652. The van der Waals surface area contributed by atoms with E-state index in [1.54, 1.807) is 7.11 Å². The second-order valence-electron chi connectivity index (χ2n) is 8.45. The SMILES string of the molecule is COCCCC[C@@](O)(c1cccc2cc(CC(C)C)oc12)C1CCCNC1. The molecule has 0 amide bonds. The molecule has 0 saturated carbocycles. The van der Waals surface area contributed by atoms with Crippen LogP contribution in [-0.4, -0.2) is 31.9 Å². The molecule has 0 radical (unpaired) electrons. The van der Waals surface area contributed by atoms with Crippen molar-refractivity contribution < 1.29 is 14.3 Å². The number of nitrogens with one attached hydrogen (secondary N) is 1. The second-order valence-corrected chi connectivity index (χ2v) is 8.45. The van der Waals surface area contributed by atoms with E-state index >= 15 is 0 Å². The minimum absolute atomic E-state index is 0.207. The van der Waals surface area contributed by atoms with Crippen molar-refractivity contribution in [3.63, 3.8) is 0 Å². The molecule has 27 heavy (non-hydrogen) atoms. The normalized spacial score (nSPS) is 20.3. The molecule has 3 rings (SSSR count). The number of ether oxygens (including phenoxy) is 1. The van der Waals surface area contributed by atoms with Gasteiger partial charge in [0.1, 0.15) is 11.3 Å². The third kappa shape index (κ3) is 4.74.